The molecule has 2 aromatic rings. The molecule has 1 aromatic heterocycles. The number of quaternary nitrogens is 1. The van der Waals surface area contributed by atoms with Crippen LogP contribution in [0.5, 0.6) is 0 Å². The SMILES string of the molecule is Cc1ccc([N+](=O)[O-])c(NC(=O)C[NH+]2CCc3sccc3[C@@H]2C2CC2)c1C. The Labute approximate surface area is 162 Å². The third-order valence-corrected chi connectivity index (χ3v) is 6.88. The molecule has 0 saturated heterocycles. The summed E-state index contributed by atoms with van der Waals surface area (Å²) in [6, 6.07) is 5.80. The second-order valence-electron chi connectivity index (χ2n) is 7.66. The number of rotatable bonds is 5. The lowest BCUT2D eigenvalue weighted by Crippen LogP contribution is -3.14. The first kappa shape index (κ1) is 18.1. The van der Waals surface area contributed by atoms with Gasteiger partial charge in [-0.3, -0.25) is 14.9 Å². The number of hydrogen-bond donors (Lipinski definition) is 2. The molecule has 0 radical (unpaired) electrons. The molecule has 2 atom stereocenters. The number of nitrogens with one attached hydrogen (secondary N) is 2. The van der Waals surface area contributed by atoms with Gasteiger partial charge in [0.05, 0.1) is 11.5 Å². The minimum atomic E-state index is -0.430. The topological polar surface area (TPSA) is 76.7 Å². The van der Waals surface area contributed by atoms with Crippen LogP contribution in [-0.4, -0.2) is 23.9 Å². The first-order chi connectivity index (χ1) is 13.0. The molecule has 142 valence electrons. The van der Waals surface area contributed by atoms with E-state index in [1.165, 1.54) is 34.2 Å². The molecule has 1 fully saturated rings. The predicted octanol–water partition coefficient (Wildman–Crippen LogP) is 2.80. The van der Waals surface area contributed by atoms with Gasteiger partial charge in [-0.2, -0.15) is 0 Å². The Bertz CT molecular complexity index is 904. The highest BCUT2D eigenvalue weighted by atomic mass is 32.1. The summed E-state index contributed by atoms with van der Waals surface area (Å²) in [6.45, 7) is 5.00. The van der Waals surface area contributed by atoms with Gasteiger partial charge in [-0.25, -0.2) is 0 Å². The molecular formula is C20H24N3O3S+. The van der Waals surface area contributed by atoms with Gasteiger partial charge in [-0.1, -0.05) is 6.07 Å². The summed E-state index contributed by atoms with van der Waals surface area (Å²) in [7, 11) is 0. The van der Waals surface area contributed by atoms with Crippen LogP contribution in [0.2, 0.25) is 0 Å². The summed E-state index contributed by atoms with van der Waals surface area (Å²) in [5.41, 5.74) is 3.39. The van der Waals surface area contributed by atoms with Crippen molar-refractivity contribution in [2.24, 2.45) is 5.92 Å². The Morgan fingerprint density at radius 3 is 2.81 bits per heavy atom. The molecule has 6 nitrogen and oxygen atoms in total. The van der Waals surface area contributed by atoms with Crippen LogP contribution < -0.4 is 10.2 Å². The van der Waals surface area contributed by atoms with E-state index >= 15 is 0 Å². The van der Waals surface area contributed by atoms with Crippen LogP contribution in [0.4, 0.5) is 11.4 Å². The highest BCUT2D eigenvalue weighted by Crippen LogP contribution is 2.42. The molecule has 1 aliphatic carbocycles. The number of benzene rings is 1. The second-order valence-corrected chi connectivity index (χ2v) is 8.66. The van der Waals surface area contributed by atoms with E-state index in [-0.39, 0.29) is 11.6 Å². The smallest absolute Gasteiger partial charge is 0.293 e. The average molecular weight is 386 g/mol. The van der Waals surface area contributed by atoms with Gasteiger partial charge in [-0.05, 0) is 49.3 Å². The highest BCUT2D eigenvalue weighted by Gasteiger charge is 2.43. The third kappa shape index (κ3) is 3.49. The average Bonchev–Trinajstić information content (AvgIpc) is 3.34. The molecule has 1 aromatic carbocycles. The molecule has 1 aliphatic heterocycles. The highest BCUT2D eigenvalue weighted by molar-refractivity contribution is 7.10. The van der Waals surface area contributed by atoms with Gasteiger partial charge >= 0.3 is 0 Å². The zero-order valence-corrected chi connectivity index (χ0v) is 16.4. The van der Waals surface area contributed by atoms with Crippen molar-refractivity contribution in [2.45, 2.75) is 39.2 Å². The maximum absolute atomic E-state index is 12.8. The van der Waals surface area contributed by atoms with Gasteiger partial charge in [0.1, 0.15) is 11.7 Å². The normalized spacial score (nSPS) is 21.6. The Balaban J connectivity index is 1.54. The summed E-state index contributed by atoms with van der Waals surface area (Å²) in [6.07, 6.45) is 3.46. The van der Waals surface area contributed by atoms with Crippen LogP contribution >= 0.6 is 11.3 Å². The Kier molecular flexibility index (Phi) is 4.74. The van der Waals surface area contributed by atoms with Crippen molar-refractivity contribution in [3.8, 4) is 0 Å². The van der Waals surface area contributed by atoms with Gasteiger partial charge in [0.2, 0.25) is 0 Å². The Hall–Kier alpha value is -2.25. The Morgan fingerprint density at radius 1 is 1.33 bits per heavy atom. The van der Waals surface area contributed by atoms with Crippen LogP contribution in [0, 0.1) is 29.9 Å². The molecule has 0 spiro atoms. The van der Waals surface area contributed by atoms with E-state index in [4.69, 9.17) is 0 Å². The fourth-order valence-corrected chi connectivity index (χ4v) is 5.13. The number of thiophene rings is 1. The maximum Gasteiger partial charge on any atom is 0.293 e. The predicted molar refractivity (Wildman–Crippen MR) is 105 cm³/mol. The number of aryl methyl sites for hydroxylation is 1. The molecule has 0 bridgehead atoms. The summed E-state index contributed by atoms with van der Waals surface area (Å²) in [4.78, 5) is 26.5. The monoisotopic (exact) mass is 386 g/mol. The van der Waals surface area contributed by atoms with Gasteiger partial charge in [0.15, 0.2) is 6.54 Å². The largest absolute Gasteiger partial charge is 0.320 e. The molecular weight excluding hydrogens is 362 g/mol. The van der Waals surface area contributed by atoms with Gasteiger partial charge < -0.3 is 10.2 Å². The molecule has 4 rings (SSSR count). The molecule has 1 saturated carbocycles. The molecule has 1 amide bonds. The molecule has 7 heteroatoms. The van der Waals surface area contributed by atoms with Gasteiger partial charge in [0.25, 0.3) is 11.6 Å². The van der Waals surface area contributed by atoms with E-state index in [1.807, 2.05) is 25.2 Å². The van der Waals surface area contributed by atoms with Crippen LogP contribution in [0.3, 0.4) is 0 Å². The lowest BCUT2D eigenvalue weighted by molar-refractivity contribution is -0.928. The van der Waals surface area contributed by atoms with E-state index < -0.39 is 4.92 Å². The quantitative estimate of drug-likeness (QED) is 0.613. The third-order valence-electron chi connectivity index (χ3n) is 5.88. The molecule has 27 heavy (non-hydrogen) atoms. The number of fused-ring (bicyclic) bond motifs is 1. The summed E-state index contributed by atoms with van der Waals surface area (Å²) in [5, 5.41) is 16.4. The van der Waals surface area contributed by atoms with E-state index in [2.05, 4.69) is 16.8 Å². The van der Waals surface area contributed by atoms with E-state index in [9.17, 15) is 14.9 Å². The Morgan fingerprint density at radius 2 is 2.11 bits per heavy atom. The summed E-state index contributed by atoms with van der Waals surface area (Å²) >= 11 is 1.82. The van der Waals surface area contributed by atoms with Crippen molar-refractivity contribution < 1.29 is 14.6 Å². The number of nitrogens with zero attached hydrogens (tertiary/aromatic N) is 1. The van der Waals surface area contributed by atoms with Crippen LogP contribution in [-0.2, 0) is 11.2 Å². The van der Waals surface area contributed by atoms with Crippen molar-refractivity contribution in [1.82, 2.24) is 0 Å². The fraction of sp³-hybridized carbons (Fsp3) is 0.450. The number of amides is 1. The van der Waals surface area contributed by atoms with E-state index in [1.54, 1.807) is 6.07 Å². The standard InChI is InChI=1S/C20H23N3O3S/c1-12-3-6-16(23(25)26)19(13(12)2)21-18(24)11-22-9-7-17-15(8-10-27-17)20(22)14-4-5-14/h3,6,8,10,14,20H,4-5,7,9,11H2,1-2H3,(H,21,24)/p+1/t20-/m0/s1. The van der Waals surface area contributed by atoms with Crippen molar-refractivity contribution in [2.75, 3.05) is 18.4 Å². The van der Waals surface area contributed by atoms with E-state index in [0.717, 1.165) is 24.1 Å². The van der Waals surface area contributed by atoms with Crippen molar-refractivity contribution in [1.29, 1.82) is 0 Å². The minimum absolute atomic E-state index is 0.0426. The van der Waals surface area contributed by atoms with Crippen molar-refractivity contribution >= 4 is 28.6 Å². The second kappa shape index (κ2) is 7.05. The zero-order valence-electron chi connectivity index (χ0n) is 15.6. The molecule has 2 aliphatic rings. The van der Waals surface area contributed by atoms with Crippen LogP contribution in [0.15, 0.2) is 23.6 Å². The summed E-state index contributed by atoms with van der Waals surface area (Å²) < 4.78 is 0. The van der Waals surface area contributed by atoms with Gasteiger partial charge in [0, 0.05) is 28.8 Å². The maximum atomic E-state index is 12.8. The molecule has 1 unspecified atom stereocenters. The zero-order chi connectivity index (χ0) is 19.1. The number of nitro benzene ring substituents is 1. The number of nitro groups is 1. The molecule has 2 heterocycles. The lowest BCUT2D eigenvalue weighted by atomic mass is 9.96. The fourth-order valence-electron chi connectivity index (χ4n) is 4.20. The van der Waals surface area contributed by atoms with Crippen LogP contribution in [0.1, 0.15) is 40.5 Å². The van der Waals surface area contributed by atoms with Crippen molar-refractivity contribution in [3.05, 3.63) is 55.3 Å². The van der Waals surface area contributed by atoms with E-state index in [0.29, 0.717) is 24.2 Å². The lowest BCUT2D eigenvalue weighted by Gasteiger charge is -2.32. The van der Waals surface area contributed by atoms with Crippen molar-refractivity contribution in [3.63, 3.8) is 0 Å². The van der Waals surface area contributed by atoms with Gasteiger partial charge in [-0.15, -0.1) is 11.3 Å². The minimum Gasteiger partial charge on any atom is -0.320 e. The first-order valence-corrected chi connectivity index (χ1v) is 10.3. The number of carbonyl (C=O) groups is 1. The number of carbonyl (C=O) groups excluding carboxylic acids is 1. The summed E-state index contributed by atoms with van der Waals surface area (Å²) in [5.74, 6) is 0.516. The number of anilines is 1. The number of hydrogen-bond acceptors (Lipinski definition) is 4. The van der Waals surface area contributed by atoms with Crippen LogP contribution in [0.25, 0.3) is 0 Å². The molecule has 2 N–H and O–H groups in total. The first-order valence-electron chi connectivity index (χ1n) is 9.41.